The highest BCUT2D eigenvalue weighted by Crippen LogP contribution is 2.22. The second-order valence-electron chi connectivity index (χ2n) is 6.26. The van der Waals surface area contributed by atoms with E-state index >= 15 is 0 Å². The highest BCUT2D eigenvalue weighted by atomic mass is 16.5. The number of rotatable bonds is 5. The second kappa shape index (κ2) is 8.04. The van der Waals surface area contributed by atoms with Crippen molar-refractivity contribution in [3.05, 3.63) is 65.2 Å². The third-order valence-corrected chi connectivity index (χ3v) is 4.48. The Morgan fingerprint density at radius 2 is 1.77 bits per heavy atom. The van der Waals surface area contributed by atoms with Gasteiger partial charge >= 0.3 is 5.97 Å². The first-order chi connectivity index (χ1) is 12.6. The zero-order valence-electron chi connectivity index (χ0n) is 15.1. The Balaban J connectivity index is 1.66. The molecule has 0 N–H and O–H groups in total. The summed E-state index contributed by atoms with van der Waals surface area (Å²) in [5.74, 6) is -0.263. The lowest BCUT2D eigenvalue weighted by molar-refractivity contribution is -0.140. The van der Waals surface area contributed by atoms with Gasteiger partial charge in [0.2, 0.25) is 0 Å². The van der Waals surface area contributed by atoms with Crippen molar-refractivity contribution in [2.45, 2.75) is 32.9 Å². The predicted molar refractivity (Wildman–Crippen MR) is 98.1 cm³/mol. The number of benzene rings is 2. The minimum Gasteiger partial charge on any atom is -0.493 e. The smallest absolute Gasteiger partial charge is 0.342 e. The summed E-state index contributed by atoms with van der Waals surface area (Å²) in [6, 6.07) is 15.0. The van der Waals surface area contributed by atoms with Crippen LogP contribution >= 0.6 is 0 Å². The summed E-state index contributed by atoms with van der Waals surface area (Å²) in [5, 5.41) is 0. The molecule has 5 heteroatoms. The van der Waals surface area contributed by atoms with Gasteiger partial charge in [0, 0.05) is 13.1 Å². The summed E-state index contributed by atoms with van der Waals surface area (Å²) in [4.78, 5) is 26.9. The molecule has 1 aliphatic heterocycles. The molecule has 2 aromatic rings. The predicted octanol–water partition coefficient (Wildman–Crippen LogP) is 3.22. The molecule has 0 spiro atoms. The van der Waals surface area contributed by atoms with Gasteiger partial charge in [-0.1, -0.05) is 36.4 Å². The van der Waals surface area contributed by atoms with Crippen molar-refractivity contribution in [3.8, 4) is 5.75 Å². The summed E-state index contributed by atoms with van der Waals surface area (Å²) in [6.45, 7) is 5.10. The van der Waals surface area contributed by atoms with E-state index in [0.717, 1.165) is 12.0 Å². The lowest BCUT2D eigenvalue weighted by Crippen LogP contribution is -2.42. The van der Waals surface area contributed by atoms with E-state index in [-0.39, 0.29) is 5.91 Å². The third kappa shape index (κ3) is 3.87. The van der Waals surface area contributed by atoms with E-state index < -0.39 is 12.1 Å². The quantitative estimate of drug-likeness (QED) is 0.775. The van der Waals surface area contributed by atoms with Crippen LogP contribution in [0.4, 0.5) is 0 Å². The fraction of sp³-hybridized carbons (Fsp3) is 0.333. The number of para-hydroxylation sites is 1. The van der Waals surface area contributed by atoms with Gasteiger partial charge in [-0.3, -0.25) is 4.79 Å². The Kier molecular flexibility index (Phi) is 5.56. The maximum Gasteiger partial charge on any atom is 0.342 e. The molecule has 5 nitrogen and oxygen atoms in total. The van der Waals surface area contributed by atoms with Gasteiger partial charge in [-0.25, -0.2) is 4.79 Å². The van der Waals surface area contributed by atoms with Gasteiger partial charge in [0.15, 0.2) is 6.10 Å². The van der Waals surface area contributed by atoms with E-state index in [2.05, 4.69) is 6.07 Å². The second-order valence-corrected chi connectivity index (χ2v) is 6.26. The van der Waals surface area contributed by atoms with Gasteiger partial charge in [0.05, 0.1) is 6.61 Å². The number of ether oxygens (including phenoxy) is 2. The first-order valence-electron chi connectivity index (χ1n) is 8.88. The third-order valence-electron chi connectivity index (χ3n) is 4.48. The van der Waals surface area contributed by atoms with Crippen molar-refractivity contribution < 1.29 is 19.1 Å². The van der Waals surface area contributed by atoms with Crippen molar-refractivity contribution in [2.24, 2.45) is 0 Å². The number of nitrogens with zero attached hydrogens (tertiary/aromatic N) is 1. The van der Waals surface area contributed by atoms with Crippen LogP contribution < -0.4 is 4.74 Å². The molecule has 26 heavy (non-hydrogen) atoms. The Labute approximate surface area is 153 Å². The molecular formula is C21H23NO4. The maximum atomic E-state index is 12.7. The Hall–Kier alpha value is -2.82. The van der Waals surface area contributed by atoms with Crippen LogP contribution in [0.2, 0.25) is 0 Å². The molecular weight excluding hydrogens is 330 g/mol. The van der Waals surface area contributed by atoms with Crippen molar-refractivity contribution in [1.82, 2.24) is 4.90 Å². The molecule has 0 radical (unpaired) electrons. The molecule has 0 fully saturated rings. The normalized spacial score (nSPS) is 14.3. The molecule has 1 heterocycles. The summed E-state index contributed by atoms with van der Waals surface area (Å²) < 4.78 is 10.9. The van der Waals surface area contributed by atoms with Crippen molar-refractivity contribution >= 4 is 11.9 Å². The fourth-order valence-corrected chi connectivity index (χ4v) is 3.13. The van der Waals surface area contributed by atoms with Crippen LogP contribution in [0.25, 0.3) is 0 Å². The molecule has 3 rings (SSSR count). The number of hydrogen-bond donors (Lipinski definition) is 0. The number of amides is 1. The molecule has 2 aromatic carbocycles. The zero-order valence-corrected chi connectivity index (χ0v) is 15.1. The van der Waals surface area contributed by atoms with Gasteiger partial charge in [-0.2, -0.15) is 0 Å². The van der Waals surface area contributed by atoms with E-state index in [0.29, 0.717) is 31.0 Å². The van der Waals surface area contributed by atoms with Gasteiger partial charge in [-0.05, 0) is 43.5 Å². The van der Waals surface area contributed by atoms with Crippen LogP contribution in [0, 0.1) is 0 Å². The average molecular weight is 353 g/mol. The number of hydrogen-bond acceptors (Lipinski definition) is 4. The molecule has 0 saturated heterocycles. The van der Waals surface area contributed by atoms with E-state index in [9.17, 15) is 9.59 Å². The molecule has 1 amide bonds. The van der Waals surface area contributed by atoms with Crippen LogP contribution in [-0.2, 0) is 22.5 Å². The van der Waals surface area contributed by atoms with E-state index in [1.54, 1.807) is 36.1 Å². The molecule has 0 bridgehead atoms. The molecule has 0 aliphatic carbocycles. The molecule has 0 unspecified atom stereocenters. The van der Waals surface area contributed by atoms with E-state index in [1.807, 2.05) is 25.1 Å². The summed E-state index contributed by atoms with van der Waals surface area (Å²) >= 11 is 0. The van der Waals surface area contributed by atoms with Crippen LogP contribution in [0.5, 0.6) is 5.75 Å². The Morgan fingerprint density at radius 1 is 1.08 bits per heavy atom. The SMILES string of the molecule is CCOc1ccccc1C(=O)O[C@@H](C)C(=O)N1CCc2ccccc2C1. The first kappa shape index (κ1) is 18.0. The van der Waals surface area contributed by atoms with Crippen LogP contribution in [0.3, 0.4) is 0 Å². The lowest BCUT2D eigenvalue weighted by Gasteiger charge is -2.30. The molecule has 136 valence electrons. The largest absolute Gasteiger partial charge is 0.493 e. The van der Waals surface area contributed by atoms with Gasteiger partial charge in [0.25, 0.3) is 5.91 Å². The summed E-state index contributed by atoms with van der Waals surface area (Å²) in [6.07, 6.45) is -0.0297. The van der Waals surface area contributed by atoms with Crippen LogP contribution in [0.1, 0.15) is 35.3 Å². The highest BCUT2D eigenvalue weighted by Gasteiger charge is 2.27. The zero-order chi connectivity index (χ0) is 18.5. The lowest BCUT2D eigenvalue weighted by atomic mass is 9.99. The maximum absolute atomic E-state index is 12.7. The minimum atomic E-state index is -0.845. The topological polar surface area (TPSA) is 55.8 Å². The number of carbonyl (C=O) groups excluding carboxylic acids is 2. The van der Waals surface area contributed by atoms with E-state index in [1.165, 1.54) is 5.56 Å². The first-order valence-corrected chi connectivity index (χ1v) is 8.88. The van der Waals surface area contributed by atoms with E-state index in [4.69, 9.17) is 9.47 Å². The van der Waals surface area contributed by atoms with Crippen molar-refractivity contribution in [1.29, 1.82) is 0 Å². The molecule has 0 aromatic heterocycles. The number of esters is 1. The van der Waals surface area contributed by atoms with Crippen LogP contribution in [0.15, 0.2) is 48.5 Å². The van der Waals surface area contributed by atoms with Crippen molar-refractivity contribution in [3.63, 3.8) is 0 Å². The van der Waals surface area contributed by atoms with Gasteiger partial charge in [0.1, 0.15) is 11.3 Å². The van der Waals surface area contributed by atoms with Crippen molar-refractivity contribution in [2.75, 3.05) is 13.2 Å². The highest BCUT2D eigenvalue weighted by molar-refractivity contribution is 5.94. The standard InChI is InChI=1S/C21H23NO4/c1-3-25-19-11-7-6-10-18(19)21(24)26-15(2)20(23)22-13-12-16-8-4-5-9-17(16)14-22/h4-11,15H,3,12-14H2,1-2H3/t15-/m0/s1. The molecule has 0 saturated carbocycles. The number of carbonyl (C=O) groups is 2. The summed E-state index contributed by atoms with van der Waals surface area (Å²) in [5.41, 5.74) is 2.75. The van der Waals surface area contributed by atoms with Gasteiger partial charge < -0.3 is 14.4 Å². The summed E-state index contributed by atoms with van der Waals surface area (Å²) in [7, 11) is 0. The van der Waals surface area contributed by atoms with Crippen LogP contribution in [-0.4, -0.2) is 36.0 Å². The van der Waals surface area contributed by atoms with Gasteiger partial charge in [-0.15, -0.1) is 0 Å². The Morgan fingerprint density at radius 3 is 2.54 bits per heavy atom. The number of fused-ring (bicyclic) bond motifs is 1. The minimum absolute atomic E-state index is 0.179. The molecule has 1 atom stereocenters. The molecule has 1 aliphatic rings. The monoisotopic (exact) mass is 353 g/mol. The average Bonchev–Trinajstić information content (AvgIpc) is 2.67. The fourth-order valence-electron chi connectivity index (χ4n) is 3.13. The Bertz CT molecular complexity index is 802.